The monoisotopic (exact) mass is 376 g/mol. The molecule has 3 saturated heterocycles. The van der Waals surface area contributed by atoms with E-state index in [1.807, 2.05) is 18.3 Å². The van der Waals surface area contributed by atoms with E-state index in [0.29, 0.717) is 24.4 Å². The lowest BCUT2D eigenvalue weighted by atomic mass is 9.73. The van der Waals surface area contributed by atoms with Crippen LogP contribution in [0.5, 0.6) is 0 Å². The number of ether oxygens (including phenoxy) is 1. The molecule has 4 rings (SSSR count). The zero-order valence-electron chi connectivity index (χ0n) is 16.1. The van der Waals surface area contributed by atoms with Gasteiger partial charge >= 0.3 is 0 Å². The van der Waals surface area contributed by atoms with Crippen molar-refractivity contribution in [1.29, 1.82) is 0 Å². The lowest BCUT2D eigenvalue weighted by Gasteiger charge is -2.29. The summed E-state index contributed by atoms with van der Waals surface area (Å²) in [6.07, 6.45) is 7.06. The molecule has 4 nitrogen and oxygen atoms in total. The van der Waals surface area contributed by atoms with Gasteiger partial charge in [0.25, 0.3) is 0 Å². The molecule has 1 aromatic heterocycles. The maximum Gasteiger partial charge on any atom is 0.219 e. The van der Waals surface area contributed by atoms with Gasteiger partial charge in [-0.25, -0.2) is 0 Å². The number of hydrogen-bond acceptors (Lipinski definition) is 4. The molecule has 5 heteroatoms. The first kappa shape index (κ1) is 18.5. The number of hydrogen-bond donors (Lipinski definition) is 1. The largest absolute Gasteiger partial charge is 0.370 e. The van der Waals surface area contributed by atoms with Gasteiger partial charge < -0.3 is 10.1 Å². The van der Waals surface area contributed by atoms with Gasteiger partial charge in [-0.1, -0.05) is 20.3 Å². The molecule has 1 N–H and O–H groups in total. The van der Waals surface area contributed by atoms with E-state index in [0.717, 1.165) is 32.6 Å². The highest BCUT2D eigenvalue weighted by molar-refractivity contribution is 7.11. The third-order valence-electron chi connectivity index (χ3n) is 6.58. The van der Waals surface area contributed by atoms with Gasteiger partial charge in [-0.05, 0) is 37.8 Å². The molecule has 3 fully saturated rings. The Morgan fingerprint density at radius 1 is 1.38 bits per heavy atom. The SMILES string of the molecule is CCCCc1ccc(CN2C[C@@H]3[C@H](CNC(=O)CC)[C@H]4CC[C@]3(C2)O4)s1. The van der Waals surface area contributed by atoms with E-state index in [1.54, 1.807) is 0 Å². The van der Waals surface area contributed by atoms with Gasteiger partial charge in [0.05, 0.1) is 11.7 Å². The van der Waals surface area contributed by atoms with E-state index in [1.165, 1.54) is 35.4 Å². The minimum atomic E-state index is 0.0641. The van der Waals surface area contributed by atoms with Crippen LogP contribution in [0.15, 0.2) is 12.1 Å². The van der Waals surface area contributed by atoms with Crippen LogP contribution in [-0.4, -0.2) is 42.1 Å². The Morgan fingerprint density at radius 3 is 3.04 bits per heavy atom. The minimum absolute atomic E-state index is 0.0641. The molecule has 4 atom stereocenters. The minimum Gasteiger partial charge on any atom is -0.370 e. The van der Waals surface area contributed by atoms with Crippen LogP contribution in [0.25, 0.3) is 0 Å². The number of rotatable bonds is 8. The molecule has 0 unspecified atom stereocenters. The second kappa shape index (κ2) is 7.61. The van der Waals surface area contributed by atoms with Crippen molar-refractivity contribution in [3.8, 4) is 0 Å². The smallest absolute Gasteiger partial charge is 0.219 e. The topological polar surface area (TPSA) is 41.6 Å². The Labute approximate surface area is 161 Å². The second-order valence-corrected chi connectivity index (χ2v) is 9.58. The summed E-state index contributed by atoms with van der Waals surface area (Å²) in [5.41, 5.74) is 0.0641. The number of thiophene rings is 1. The number of amides is 1. The molecule has 0 aliphatic carbocycles. The predicted octanol–water partition coefficient (Wildman–Crippen LogP) is 3.60. The fourth-order valence-corrected chi connectivity index (χ4v) is 6.35. The number of fused-ring (bicyclic) bond motifs is 1. The normalized spacial score (nSPS) is 32.9. The van der Waals surface area contributed by atoms with Crippen molar-refractivity contribution in [3.05, 3.63) is 21.9 Å². The maximum atomic E-state index is 11.7. The summed E-state index contributed by atoms with van der Waals surface area (Å²) >= 11 is 1.98. The van der Waals surface area contributed by atoms with Gasteiger partial charge in [0.1, 0.15) is 0 Å². The van der Waals surface area contributed by atoms with Gasteiger partial charge in [-0.3, -0.25) is 9.69 Å². The van der Waals surface area contributed by atoms with Crippen LogP contribution in [0.4, 0.5) is 0 Å². The number of aryl methyl sites for hydroxylation is 1. The van der Waals surface area contributed by atoms with Crippen LogP contribution in [0.1, 0.15) is 55.7 Å². The average Bonchev–Trinajstić information content (AvgIpc) is 3.38. The van der Waals surface area contributed by atoms with Crippen LogP contribution in [0, 0.1) is 11.8 Å². The molecular weight excluding hydrogens is 344 g/mol. The van der Waals surface area contributed by atoms with Crippen LogP contribution in [0.2, 0.25) is 0 Å². The van der Waals surface area contributed by atoms with Crippen molar-refractivity contribution in [3.63, 3.8) is 0 Å². The number of carbonyl (C=O) groups excluding carboxylic acids is 1. The molecule has 26 heavy (non-hydrogen) atoms. The quantitative estimate of drug-likeness (QED) is 0.754. The third-order valence-corrected chi connectivity index (χ3v) is 7.71. The molecule has 2 bridgehead atoms. The zero-order chi connectivity index (χ0) is 18.1. The fourth-order valence-electron chi connectivity index (χ4n) is 5.25. The number of nitrogens with zero attached hydrogens (tertiary/aromatic N) is 1. The summed E-state index contributed by atoms with van der Waals surface area (Å²) in [6.45, 7) is 8.20. The summed E-state index contributed by atoms with van der Waals surface area (Å²) in [6, 6.07) is 4.63. The number of nitrogens with one attached hydrogen (secondary N) is 1. The summed E-state index contributed by atoms with van der Waals surface area (Å²) in [7, 11) is 0. The average molecular weight is 377 g/mol. The molecule has 3 aliphatic heterocycles. The molecule has 0 saturated carbocycles. The van der Waals surface area contributed by atoms with Crippen molar-refractivity contribution in [2.24, 2.45) is 11.8 Å². The zero-order valence-corrected chi connectivity index (χ0v) is 16.9. The molecule has 1 aromatic rings. The first-order valence-electron chi connectivity index (χ1n) is 10.4. The molecule has 144 valence electrons. The van der Waals surface area contributed by atoms with Crippen molar-refractivity contribution in [2.45, 2.75) is 70.6 Å². The van der Waals surface area contributed by atoms with Crippen molar-refractivity contribution < 1.29 is 9.53 Å². The van der Waals surface area contributed by atoms with Crippen molar-refractivity contribution in [2.75, 3.05) is 19.6 Å². The van der Waals surface area contributed by atoms with Gasteiger partial charge in [0, 0.05) is 54.2 Å². The first-order valence-corrected chi connectivity index (χ1v) is 11.2. The molecule has 4 heterocycles. The highest BCUT2D eigenvalue weighted by Crippen LogP contribution is 2.54. The van der Waals surface area contributed by atoms with Gasteiger partial charge in [0.2, 0.25) is 5.91 Å². The summed E-state index contributed by atoms with van der Waals surface area (Å²) in [5, 5.41) is 3.12. The molecule has 1 amide bonds. The van der Waals surface area contributed by atoms with E-state index >= 15 is 0 Å². The second-order valence-electron chi connectivity index (χ2n) is 8.33. The predicted molar refractivity (Wildman–Crippen MR) is 105 cm³/mol. The molecule has 1 spiro atoms. The van der Waals surface area contributed by atoms with E-state index in [9.17, 15) is 4.79 Å². The van der Waals surface area contributed by atoms with Crippen LogP contribution >= 0.6 is 11.3 Å². The van der Waals surface area contributed by atoms with Crippen molar-refractivity contribution >= 4 is 17.2 Å². The van der Waals surface area contributed by atoms with Crippen LogP contribution < -0.4 is 5.32 Å². The Balaban J connectivity index is 1.37. The third kappa shape index (κ3) is 3.46. The van der Waals surface area contributed by atoms with Gasteiger partial charge in [-0.15, -0.1) is 11.3 Å². The Hall–Kier alpha value is -0.910. The first-order chi connectivity index (χ1) is 12.6. The van der Waals surface area contributed by atoms with Crippen LogP contribution in [0.3, 0.4) is 0 Å². The molecule has 3 aliphatic rings. The number of likely N-dealkylation sites (tertiary alicyclic amines) is 1. The van der Waals surface area contributed by atoms with Crippen LogP contribution in [-0.2, 0) is 22.5 Å². The Morgan fingerprint density at radius 2 is 2.23 bits per heavy atom. The van der Waals surface area contributed by atoms with Gasteiger partial charge in [0.15, 0.2) is 0 Å². The lowest BCUT2D eigenvalue weighted by Crippen LogP contribution is -2.41. The van der Waals surface area contributed by atoms with Crippen molar-refractivity contribution in [1.82, 2.24) is 10.2 Å². The molecule has 0 radical (unpaired) electrons. The van der Waals surface area contributed by atoms with E-state index in [4.69, 9.17) is 4.74 Å². The highest BCUT2D eigenvalue weighted by atomic mass is 32.1. The summed E-state index contributed by atoms with van der Waals surface area (Å²) in [4.78, 5) is 17.3. The maximum absolute atomic E-state index is 11.7. The van der Waals surface area contributed by atoms with Gasteiger partial charge in [-0.2, -0.15) is 0 Å². The lowest BCUT2D eigenvalue weighted by molar-refractivity contribution is -0.121. The van der Waals surface area contributed by atoms with E-state index in [2.05, 4.69) is 29.3 Å². The van der Waals surface area contributed by atoms with E-state index < -0.39 is 0 Å². The Kier molecular flexibility index (Phi) is 5.40. The summed E-state index contributed by atoms with van der Waals surface area (Å²) in [5.74, 6) is 1.24. The molecular formula is C21H32N2O2S. The number of unbranched alkanes of at least 4 members (excludes halogenated alkanes) is 1. The summed E-state index contributed by atoms with van der Waals surface area (Å²) < 4.78 is 6.50. The highest BCUT2D eigenvalue weighted by Gasteiger charge is 2.62. The van der Waals surface area contributed by atoms with E-state index in [-0.39, 0.29) is 11.5 Å². The fraction of sp³-hybridized carbons (Fsp3) is 0.762. The Bertz CT molecular complexity index is 646. The standard InChI is InChI=1S/C21H32N2O2S/c1-3-5-6-15-7-8-16(26-15)12-23-13-18-17(11-22-20(24)4-2)19-9-10-21(18,14-23)25-19/h7-8,17-19H,3-6,9-14H2,1-2H3,(H,22,24)/t17-,18+,19+,21+/m0/s1. The molecule has 0 aromatic carbocycles. The number of carbonyl (C=O) groups is 1.